The highest BCUT2D eigenvalue weighted by Crippen LogP contribution is 2.15. The van der Waals surface area contributed by atoms with Crippen molar-refractivity contribution >= 4 is 16.0 Å². The summed E-state index contributed by atoms with van der Waals surface area (Å²) in [4.78, 5) is 10.4. The molecule has 0 aliphatic heterocycles. The van der Waals surface area contributed by atoms with Crippen LogP contribution < -0.4 is 10.5 Å². The molecule has 0 aliphatic carbocycles. The first-order chi connectivity index (χ1) is 9.90. The number of nitrogens with two attached hydrogens (primary N) is 1. The number of methoxy groups -OCH3 is 1. The average Bonchev–Trinajstić information content (AvgIpc) is 2.44. The van der Waals surface area contributed by atoms with Gasteiger partial charge < -0.3 is 10.5 Å². The molecule has 1 aromatic carbocycles. The van der Waals surface area contributed by atoms with E-state index in [2.05, 4.69) is 21.3 Å². The average molecular weight is 314 g/mol. The van der Waals surface area contributed by atoms with Gasteiger partial charge in [0.25, 0.3) is 0 Å². The van der Waals surface area contributed by atoms with Gasteiger partial charge in [-0.05, 0) is 18.2 Å². The normalized spacial score (nSPS) is 10.6. The van der Waals surface area contributed by atoms with Crippen molar-refractivity contribution in [1.82, 2.24) is 4.72 Å². The topological polar surface area (TPSA) is 98.5 Å². The molecule has 0 atom stereocenters. The first kappa shape index (κ1) is 17.1. The zero-order chi connectivity index (χ0) is 15.9. The zero-order valence-corrected chi connectivity index (χ0v) is 12.2. The molecule has 114 valence electrons. The first-order valence-electron chi connectivity index (χ1n) is 5.95. The Hall–Kier alpha value is -1.95. The zero-order valence-electron chi connectivity index (χ0n) is 11.3. The van der Waals surface area contributed by atoms with E-state index in [0.717, 1.165) is 12.1 Å². The summed E-state index contributed by atoms with van der Waals surface area (Å²) in [7, 11) is -2.85. The second-order valence-corrected chi connectivity index (χ2v) is 5.61. The fourth-order valence-electron chi connectivity index (χ4n) is 1.42. The van der Waals surface area contributed by atoms with Crippen LogP contribution in [0.15, 0.2) is 23.1 Å². The van der Waals surface area contributed by atoms with E-state index in [4.69, 9.17) is 5.73 Å². The Morgan fingerprint density at radius 1 is 1.48 bits per heavy atom. The minimum absolute atomic E-state index is 0.122. The number of halogens is 1. The Morgan fingerprint density at radius 3 is 2.76 bits per heavy atom. The molecule has 0 aromatic heterocycles. The second kappa shape index (κ2) is 7.73. The number of hydrogen-bond donors (Lipinski definition) is 2. The Bertz CT molecular complexity index is 677. The number of benzene rings is 1. The summed E-state index contributed by atoms with van der Waals surface area (Å²) in [5, 5.41) is 0. The quantitative estimate of drug-likeness (QED) is 0.588. The molecule has 0 fully saturated rings. The summed E-state index contributed by atoms with van der Waals surface area (Å²) in [6, 6.07) is 3.49. The van der Waals surface area contributed by atoms with Gasteiger partial charge >= 0.3 is 5.97 Å². The minimum atomic E-state index is -4.04. The van der Waals surface area contributed by atoms with E-state index in [1.165, 1.54) is 13.2 Å². The fourth-order valence-corrected chi connectivity index (χ4v) is 2.51. The Kier molecular flexibility index (Phi) is 6.30. The number of esters is 1. The maximum atomic E-state index is 13.8. The van der Waals surface area contributed by atoms with E-state index in [-0.39, 0.29) is 19.5 Å². The van der Waals surface area contributed by atoms with Gasteiger partial charge in [0.15, 0.2) is 0 Å². The largest absolute Gasteiger partial charge is 0.469 e. The molecule has 0 bridgehead atoms. The Balaban J connectivity index is 2.86. The van der Waals surface area contributed by atoms with Crippen LogP contribution in [0, 0.1) is 17.7 Å². The molecule has 21 heavy (non-hydrogen) atoms. The molecule has 0 heterocycles. The molecule has 0 radical (unpaired) electrons. The lowest BCUT2D eigenvalue weighted by Gasteiger charge is -2.07. The third-order valence-electron chi connectivity index (χ3n) is 2.41. The third kappa shape index (κ3) is 5.15. The number of hydrogen-bond acceptors (Lipinski definition) is 5. The van der Waals surface area contributed by atoms with Gasteiger partial charge in [-0.3, -0.25) is 4.79 Å². The summed E-state index contributed by atoms with van der Waals surface area (Å²) in [5.74, 6) is 3.65. The van der Waals surface area contributed by atoms with Crippen molar-refractivity contribution in [1.29, 1.82) is 0 Å². The van der Waals surface area contributed by atoms with Crippen molar-refractivity contribution in [2.75, 3.05) is 20.2 Å². The molecule has 3 N–H and O–H groups in total. The molecule has 8 heteroatoms. The van der Waals surface area contributed by atoms with Crippen molar-refractivity contribution in [3.63, 3.8) is 0 Å². The predicted octanol–water partition coefficient (Wildman–Crippen LogP) is -0.0227. The number of sulfonamides is 1. The van der Waals surface area contributed by atoms with Gasteiger partial charge in [0, 0.05) is 12.1 Å². The monoisotopic (exact) mass is 314 g/mol. The van der Waals surface area contributed by atoms with E-state index >= 15 is 0 Å². The van der Waals surface area contributed by atoms with Crippen molar-refractivity contribution in [3.05, 3.63) is 29.6 Å². The van der Waals surface area contributed by atoms with Crippen LogP contribution in [0.5, 0.6) is 0 Å². The highest BCUT2D eigenvalue weighted by Gasteiger charge is 2.19. The van der Waals surface area contributed by atoms with Crippen LogP contribution in [0.2, 0.25) is 0 Å². The molecule has 0 unspecified atom stereocenters. The van der Waals surface area contributed by atoms with Gasteiger partial charge in [-0.25, -0.2) is 17.5 Å². The second-order valence-electron chi connectivity index (χ2n) is 3.88. The fraction of sp³-hybridized carbons (Fsp3) is 0.308. The molecule has 0 spiro atoms. The number of carbonyl (C=O) groups is 1. The SMILES string of the molecule is COC(=O)CCNS(=O)(=O)c1ccc(C#CCN)cc1F. The standard InChI is InChI=1S/C13H15FN2O4S/c1-20-13(17)6-8-16-21(18,19)12-5-4-10(3-2-7-15)9-11(12)14/h4-5,9,16H,6-8,15H2,1H3. The van der Waals surface area contributed by atoms with Gasteiger partial charge in [-0.1, -0.05) is 11.8 Å². The number of ether oxygens (including phenoxy) is 1. The summed E-state index contributed by atoms with van der Waals surface area (Å²) in [6.45, 7) is -0.0556. The van der Waals surface area contributed by atoms with Gasteiger partial charge in [0.2, 0.25) is 10.0 Å². The number of carbonyl (C=O) groups excluding carboxylic acids is 1. The summed E-state index contributed by atoms with van der Waals surface area (Å²) in [5.41, 5.74) is 5.52. The van der Waals surface area contributed by atoms with Gasteiger partial charge in [0.1, 0.15) is 10.7 Å². The van der Waals surface area contributed by atoms with Gasteiger partial charge in [0.05, 0.1) is 20.1 Å². The van der Waals surface area contributed by atoms with Crippen molar-refractivity contribution < 1.29 is 22.3 Å². The lowest BCUT2D eigenvalue weighted by molar-refractivity contribution is -0.140. The molecule has 0 saturated carbocycles. The molecule has 0 amide bonds. The summed E-state index contributed by atoms with van der Waals surface area (Å²) >= 11 is 0. The van der Waals surface area contributed by atoms with Crippen molar-refractivity contribution in [3.8, 4) is 11.8 Å². The predicted molar refractivity (Wildman–Crippen MR) is 74.2 cm³/mol. The van der Waals surface area contributed by atoms with E-state index in [1.54, 1.807) is 0 Å². The minimum Gasteiger partial charge on any atom is -0.469 e. The van der Waals surface area contributed by atoms with Gasteiger partial charge in [-0.2, -0.15) is 0 Å². The van der Waals surface area contributed by atoms with E-state index in [1.807, 2.05) is 0 Å². The molecular weight excluding hydrogens is 299 g/mol. The molecular formula is C13H15FN2O4S. The van der Waals surface area contributed by atoms with Crippen LogP contribution in [0.4, 0.5) is 4.39 Å². The van der Waals surface area contributed by atoms with Crippen LogP contribution in [0.25, 0.3) is 0 Å². The van der Waals surface area contributed by atoms with E-state index in [0.29, 0.717) is 5.56 Å². The highest BCUT2D eigenvalue weighted by molar-refractivity contribution is 7.89. The maximum absolute atomic E-state index is 13.8. The first-order valence-corrected chi connectivity index (χ1v) is 7.44. The molecule has 6 nitrogen and oxygen atoms in total. The summed E-state index contributed by atoms with van der Waals surface area (Å²) < 4.78 is 44.1. The van der Waals surface area contributed by atoms with Crippen LogP contribution in [-0.4, -0.2) is 34.6 Å². The van der Waals surface area contributed by atoms with Crippen LogP contribution >= 0.6 is 0 Å². The Morgan fingerprint density at radius 2 is 2.19 bits per heavy atom. The smallest absolute Gasteiger partial charge is 0.306 e. The van der Waals surface area contributed by atoms with Crippen molar-refractivity contribution in [2.45, 2.75) is 11.3 Å². The lowest BCUT2D eigenvalue weighted by atomic mass is 10.2. The van der Waals surface area contributed by atoms with E-state index in [9.17, 15) is 17.6 Å². The molecule has 1 rings (SSSR count). The van der Waals surface area contributed by atoms with Crippen LogP contribution in [0.1, 0.15) is 12.0 Å². The number of rotatable bonds is 5. The Labute approximate surface area is 122 Å². The van der Waals surface area contributed by atoms with Crippen LogP contribution in [0.3, 0.4) is 0 Å². The van der Waals surface area contributed by atoms with Crippen LogP contribution in [-0.2, 0) is 19.6 Å². The maximum Gasteiger partial charge on any atom is 0.306 e. The van der Waals surface area contributed by atoms with E-state index < -0.39 is 26.7 Å². The lowest BCUT2D eigenvalue weighted by Crippen LogP contribution is -2.27. The molecule has 1 aromatic rings. The highest BCUT2D eigenvalue weighted by atomic mass is 32.2. The molecule has 0 saturated heterocycles. The number of nitrogens with one attached hydrogen (secondary N) is 1. The van der Waals surface area contributed by atoms with Crippen molar-refractivity contribution in [2.24, 2.45) is 5.73 Å². The summed E-state index contributed by atoms with van der Waals surface area (Å²) in [6.07, 6.45) is -0.141. The molecule has 0 aliphatic rings. The van der Waals surface area contributed by atoms with Gasteiger partial charge in [-0.15, -0.1) is 0 Å². The third-order valence-corrected chi connectivity index (χ3v) is 3.90.